The van der Waals surface area contributed by atoms with Crippen LogP contribution >= 0.6 is 0 Å². The maximum absolute atomic E-state index is 11.1. The van der Waals surface area contributed by atoms with E-state index in [4.69, 9.17) is 10.5 Å². The number of Topliss-reactive ketones (excluding diaryl/α,β-unsaturated/α-hetero) is 1. The van der Waals surface area contributed by atoms with Crippen molar-refractivity contribution in [1.82, 2.24) is 4.90 Å². The molecule has 0 aliphatic carbocycles. The molecule has 1 saturated heterocycles. The van der Waals surface area contributed by atoms with Crippen molar-refractivity contribution < 1.29 is 14.7 Å². The molecule has 5 heteroatoms. The number of carbonyl (C=O) groups is 2. The number of aliphatic carboxylic acids is 1. The molecule has 0 spiro atoms. The molecule has 1 aliphatic rings. The van der Waals surface area contributed by atoms with E-state index in [1.807, 2.05) is 13.8 Å². The summed E-state index contributed by atoms with van der Waals surface area (Å²) in [6.45, 7) is 5.16. The Morgan fingerprint density at radius 3 is 2.38 bits per heavy atom. The fraction of sp³-hybridized carbons (Fsp3) is 0.727. The lowest BCUT2D eigenvalue weighted by Crippen LogP contribution is -2.49. The number of nitrogens with zero attached hydrogens (tertiary/aromatic N) is 1. The summed E-state index contributed by atoms with van der Waals surface area (Å²) >= 11 is 0. The van der Waals surface area contributed by atoms with Crippen LogP contribution in [0.5, 0.6) is 0 Å². The van der Waals surface area contributed by atoms with Gasteiger partial charge in [-0.05, 0) is 13.8 Å². The fourth-order valence-electron chi connectivity index (χ4n) is 1.98. The number of rotatable bonds is 4. The molecule has 0 aromatic rings. The SMILES string of the molecule is CC(C)(CC(=N)C(=O)O)N1CCC(=O)CC1. The molecule has 1 rings (SSSR count). The molecule has 16 heavy (non-hydrogen) atoms. The van der Waals surface area contributed by atoms with Gasteiger partial charge in [-0.2, -0.15) is 0 Å². The fourth-order valence-corrected chi connectivity index (χ4v) is 1.98. The summed E-state index contributed by atoms with van der Waals surface area (Å²) in [5, 5.41) is 16.1. The van der Waals surface area contributed by atoms with Crippen molar-refractivity contribution >= 4 is 17.5 Å². The minimum absolute atomic E-state index is 0.205. The Hall–Kier alpha value is -1.23. The van der Waals surface area contributed by atoms with Crippen molar-refractivity contribution in [2.75, 3.05) is 13.1 Å². The van der Waals surface area contributed by atoms with E-state index in [0.29, 0.717) is 25.9 Å². The lowest BCUT2D eigenvalue weighted by molar-refractivity contribution is -0.130. The summed E-state index contributed by atoms with van der Waals surface area (Å²) < 4.78 is 0. The van der Waals surface area contributed by atoms with E-state index in [1.165, 1.54) is 0 Å². The Labute approximate surface area is 94.9 Å². The van der Waals surface area contributed by atoms with Gasteiger partial charge in [0.15, 0.2) is 0 Å². The molecule has 0 unspecified atom stereocenters. The first-order valence-electron chi connectivity index (χ1n) is 5.40. The van der Waals surface area contributed by atoms with E-state index >= 15 is 0 Å². The van der Waals surface area contributed by atoms with E-state index < -0.39 is 5.97 Å². The molecule has 1 fully saturated rings. The van der Waals surface area contributed by atoms with Crippen LogP contribution < -0.4 is 0 Å². The van der Waals surface area contributed by atoms with Gasteiger partial charge in [0.05, 0.1) is 0 Å². The predicted octanol–water partition coefficient (Wildman–Crippen LogP) is 0.924. The van der Waals surface area contributed by atoms with Gasteiger partial charge < -0.3 is 5.11 Å². The maximum Gasteiger partial charge on any atom is 0.349 e. The van der Waals surface area contributed by atoms with Crippen LogP contribution in [0.4, 0.5) is 0 Å². The molecule has 0 atom stereocenters. The zero-order valence-electron chi connectivity index (χ0n) is 9.75. The zero-order chi connectivity index (χ0) is 12.3. The monoisotopic (exact) mass is 226 g/mol. The first-order valence-corrected chi connectivity index (χ1v) is 5.40. The topological polar surface area (TPSA) is 81.5 Å². The molecule has 0 saturated carbocycles. The minimum atomic E-state index is -1.17. The second-order valence-corrected chi connectivity index (χ2v) is 4.80. The van der Waals surface area contributed by atoms with E-state index in [9.17, 15) is 9.59 Å². The number of nitrogens with one attached hydrogen (secondary N) is 1. The number of hydrogen-bond acceptors (Lipinski definition) is 4. The Morgan fingerprint density at radius 1 is 1.44 bits per heavy atom. The number of piperidine rings is 1. The lowest BCUT2D eigenvalue weighted by atomic mass is 9.92. The lowest BCUT2D eigenvalue weighted by Gasteiger charge is -2.40. The van der Waals surface area contributed by atoms with Gasteiger partial charge in [0.25, 0.3) is 0 Å². The molecule has 90 valence electrons. The van der Waals surface area contributed by atoms with Crippen LogP contribution in [0.15, 0.2) is 0 Å². The van der Waals surface area contributed by atoms with E-state index in [-0.39, 0.29) is 23.5 Å². The van der Waals surface area contributed by atoms with Gasteiger partial charge in [0.1, 0.15) is 11.5 Å². The van der Waals surface area contributed by atoms with Gasteiger partial charge in [-0.1, -0.05) is 0 Å². The summed E-state index contributed by atoms with van der Waals surface area (Å²) in [4.78, 5) is 23.8. The van der Waals surface area contributed by atoms with Crippen molar-refractivity contribution in [3.63, 3.8) is 0 Å². The molecule has 0 bridgehead atoms. The summed E-state index contributed by atoms with van der Waals surface area (Å²) in [6, 6.07) is 0. The number of carbonyl (C=O) groups excluding carboxylic acids is 1. The van der Waals surface area contributed by atoms with Crippen molar-refractivity contribution in [3.05, 3.63) is 0 Å². The van der Waals surface area contributed by atoms with Gasteiger partial charge in [-0.3, -0.25) is 15.1 Å². The number of carboxylic acids is 1. The third-order valence-electron chi connectivity index (χ3n) is 3.04. The number of ketones is 1. The Morgan fingerprint density at radius 2 is 1.94 bits per heavy atom. The molecule has 0 aromatic carbocycles. The normalized spacial score (nSPS) is 18.5. The molecule has 2 N–H and O–H groups in total. The Kier molecular flexibility index (Phi) is 3.80. The first kappa shape index (κ1) is 12.8. The highest BCUT2D eigenvalue weighted by atomic mass is 16.4. The number of carboxylic acid groups (broad SMARTS) is 1. The molecule has 0 amide bonds. The third kappa shape index (κ3) is 3.13. The Bertz CT molecular complexity index is 313. The van der Waals surface area contributed by atoms with Crippen LogP contribution in [-0.4, -0.2) is 46.1 Å². The largest absolute Gasteiger partial charge is 0.477 e. The maximum atomic E-state index is 11.1. The molecular weight excluding hydrogens is 208 g/mol. The van der Waals surface area contributed by atoms with E-state index in [2.05, 4.69) is 4.90 Å². The van der Waals surface area contributed by atoms with Gasteiger partial charge in [0, 0.05) is 37.9 Å². The van der Waals surface area contributed by atoms with Crippen LogP contribution in [0.25, 0.3) is 0 Å². The van der Waals surface area contributed by atoms with Crippen LogP contribution in [0, 0.1) is 5.41 Å². The smallest absolute Gasteiger partial charge is 0.349 e. The molecular formula is C11H18N2O3. The molecule has 0 radical (unpaired) electrons. The molecule has 1 aliphatic heterocycles. The number of likely N-dealkylation sites (tertiary alicyclic amines) is 1. The van der Waals surface area contributed by atoms with Gasteiger partial charge in [-0.25, -0.2) is 4.79 Å². The average Bonchev–Trinajstić information content (AvgIpc) is 2.17. The summed E-state index contributed by atoms with van der Waals surface area (Å²) in [5.41, 5.74) is -0.641. The third-order valence-corrected chi connectivity index (χ3v) is 3.04. The summed E-state index contributed by atoms with van der Waals surface area (Å²) in [7, 11) is 0. The Balaban J connectivity index is 2.59. The van der Waals surface area contributed by atoms with Gasteiger partial charge in [-0.15, -0.1) is 0 Å². The predicted molar refractivity (Wildman–Crippen MR) is 59.9 cm³/mol. The summed E-state index contributed by atoms with van der Waals surface area (Å²) in [5.74, 6) is -0.901. The van der Waals surface area contributed by atoms with Crippen molar-refractivity contribution in [3.8, 4) is 0 Å². The van der Waals surface area contributed by atoms with Gasteiger partial charge >= 0.3 is 5.97 Å². The quantitative estimate of drug-likeness (QED) is 0.698. The molecule has 5 nitrogen and oxygen atoms in total. The van der Waals surface area contributed by atoms with Crippen LogP contribution in [-0.2, 0) is 9.59 Å². The molecule has 0 aromatic heterocycles. The van der Waals surface area contributed by atoms with Crippen molar-refractivity contribution in [2.24, 2.45) is 0 Å². The van der Waals surface area contributed by atoms with Crippen LogP contribution in [0.3, 0.4) is 0 Å². The first-order chi connectivity index (χ1) is 7.33. The summed E-state index contributed by atoms with van der Waals surface area (Å²) in [6.07, 6.45) is 1.27. The number of hydrogen-bond donors (Lipinski definition) is 2. The highest BCUT2D eigenvalue weighted by Gasteiger charge is 2.32. The standard InChI is InChI=1S/C11H18N2O3/c1-11(2,7-9(12)10(15)16)13-5-3-8(14)4-6-13/h12H,3-7H2,1-2H3,(H,15,16). The molecule has 1 heterocycles. The van der Waals surface area contributed by atoms with Crippen LogP contribution in [0.2, 0.25) is 0 Å². The van der Waals surface area contributed by atoms with Crippen molar-refractivity contribution in [2.45, 2.75) is 38.6 Å². The zero-order valence-corrected chi connectivity index (χ0v) is 9.75. The average molecular weight is 226 g/mol. The van der Waals surface area contributed by atoms with E-state index in [1.54, 1.807) is 0 Å². The highest BCUT2D eigenvalue weighted by molar-refractivity contribution is 6.34. The van der Waals surface area contributed by atoms with E-state index in [0.717, 1.165) is 0 Å². The minimum Gasteiger partial charge on any atom is -0.477 e. The van der Waals surface area contributed by atoms with Crippen LogP contribution in [0.1, 0.15) is 33.1 Å². The highest BCUT2D eigenvalue weighted by Crippen LogP contribution is 2.22. The second kappa shape index (κ2) is 4.74. The second-order valence-electron chi connectivity index (χ2n) is 4.80. The van der Waals surface area contributed by atoms with Crippen molar-refractivity contribution in [1.29, 1.82) is 5.41 Å². The van der Waals surface area contributed by atoms with Gasteiger partial charge in [0.2, 0.25) is 0 Å².